The summed E-state index contributed by atoms with van der Waals surface area (Å²) in [6, 6.07) is 10.4. The minimum absolute atomic E-state index is 0. The summed E-state index contributed by atoms with van der Waals surface area (Å²) in [5, 5.41) is 3.34. The highest BCUT2D eigenvalue weighted by molar-refractivity contribution is 14.0. The molecule has 0 saturated carbocycles. The van der Waals surface area contributed by atoms with Crippen molar-refractivity contribution in [1.82, 2.24) is 15.1 Å². The molecule has 0 atom stereocenters. The molecule has 134 valence electrons. The predicted molar refractivity (Wildman–Crippen MR) is 110 cm³/mol. The van der Waals surface area contributed by atoms with Gasteiger partial charge < -0.3 is 15.1 Å². The van der Waals surface area contributed by atoms with E-state index in [1.807, 2.05) is 11.0 Å². The molecule has 24 heavy (non-hydrogen) atoms. The Hall–Kier alpha value is -1.31. The van der Waals surface area contributed by atoms with Crippen molar-refractivity contribution in [3.63, 3.8) is 0 Å². The van der Waals surface area contributed by atoms with Crippen LogP contribution < -0.4 is 5.32 Å². The van der Waals surface area contributed by atoms with E-state index in [4.69, 9.17) is 0 Å². The van der Waals surface area contributed by atoms with Crippen LogP contribution in [0.25, 0.3) is 0 Å². The molecule has 1 amide bonds. The van der Waals surface area contributed by atoms with E-state index in [9.17, 15) is 4.79 Å². The van der Waals surface area contributed by atoms with E-state index in [0.717, 1.165) is 51.5 Å². The molecule has 1 heterocycles. The summed E-state index contributed by atoms with van der Waals surface area (Å²) >= 11 is 0. The van der Waals surface area contributed by atoms with E-state index < -0.39 is 0 Å². The zero-order chi connectivity index (χ0) is 16.5. The first kappa shape index (κ1) is 20.7. The number of hydrogen-bond donors (Lipinski definition) is 1. The van der Waals surface area contributed by atoms with Gasteiger partial charge in [-0.1, -0.05) is 30.3 Å². The topological polar surface area (TPSA) is 47.9 Å². The minimum Gasteiger partial charge on any atom is -0.357 e. The second-order valence-corrected chi connectivity index (χ2v) is 5.92. The summed E-state index contributed by atoms with van der Waals surface area (Å²) in [4.78, 5) is 20.4. The molecule has 1 aromatic carbocycles. The number of benzene rings is 1. The van der Waals surface area contributed by atoms with Gasteiger partial charge in [0.15, 0.2) is 5.96 Å². The number of carbonyl (C=O) groups excluding carboxylic acids is 1. The van der Waals surface area contributed by atoms with E-state index >= 15 is 0 Å². The maximum atomic E-state index is 11.6. The Balaban J connectivity index is 0.00000288. The molecule has 1 N–H and O–H groups in total. The van der Waals surface area contributed by atoms with E-state index in [1.165, 1.54) is 5.56 Å². The first-order chi connectivity index (χ1) is 11.2. The molecule has 1 aliphatic rings. The van der Waals surface area contributed by atoms with Gasteiger partial charge in [-0.2, -0.15) is 0 Å². The third-order valence-electron chi connectivity index (χ3n) is 3.98. The summed E-state index contributed by atoms with van der Waals surface area (Å²) in [6.07, 6.45) is 2.64. The minimum atomic E-state index is 0. The molecule has 1 fully saturated rings. The SMILES string of the molecule is CCNC(=NCCCN1CCCC1=O)N(C)Cc1ccccc1.I. The van der Waals surface area contributed by atoms with Crippen molar-refractivity contribution in [3.05, 3.63) is 35.9 Å². The lowest BCUT2D eigenvalue weighted by Crippen LogP contribution is -2.38. The third kappa shape index (κ3) is 6.67. The Kier molecular flexibility index (Phi) is 9.75. The fraction of sp³-hybridized carbons (Fsp3) is 0.556. The van der Waals surface area contributed by atoms with Crippen LogP contribution in [0.15, 0.2) is 35.3 Å². The molecule has 6 heteroatoms. The quantitative estimate of drug-likeness (QED) is 0.305. The fourth-order valence-electron chi connectivity index (χ4n) is 2.79. The maximum Gasteiger partial charge on any atom is 0.222 e. The van der Waals surface area contributed by atoms with E-state index in [2.05, 4.69) is 53.4 Å². The number of nitrogens with one attached hydrogen (secondary N) is 1. The zero-order valence-electron chi connectivity index (χ0n) is 14.7. The van der Waals surface area contributed by atoms with E-state index in [0.29, 0.717) is 12.3 Å². The highest BCUT2D eigenvalue weighted by Gasteiger charge is 2.18. The summed E-state index contributed by atoms with van der Waals surface area (Å²) in [5.41, 5.74) is 1.27. The molecule has 1 saturated heterocycles. The van der Waals surface area contributed by atoms with Crippen molar-refractivity contribution < 1.29 is 4.79 Å². The Morgan fingerprint density at radius 2 is 2.08 bits per heavy atom. The second-order valence-electron chi connectivity index (χ2n) is 5.92. The van der Waals surface area contributed by atoms with Gasteiger partial charge >= 0.3 is 0 Å². The molecule has 0 aliphatic carbocycles. The summed E-state index contributed by atoms with van der Waals surface area (Å²) in [7, 11) is 2.05. The number of amides is 1. The van der Waals surface area contributed by atoms with Gasteiger partial charge in [-0.15, -0.1) is 24.0 Å². The lowest BCUT2D eigenvalue weighted by molar-refractivity contribution is -0.127. The molecule has 0 radical (unpaired) electrons. The molecule has 0 aromatic heterocycles. The number of likely N-dealkylation sites (tertiary alicyclic amines) is 1. The van der Waals surface area contributed by atoms with Gasteiger partial charge in [0, 0.05) is 46.2 Å². The number of hydrogen-bond acceptors (Lipinski definition) is 2. The smallest absolute Gasteiger partial charge is 0.222 e. The fourth-order valence-corrected chi connectivity index (χ4v) is 2.79. The van der Waals surface area contributed by atoms with Crippen molar-refractivity contribution in [3.8, 4) is 0 Å². The Morgan fingerprint density at radius 3 is 2.71 bits per heavy atom. The molecule has 1 aliphatic heterocycles. The van der Waals surface area contributed by atoms with Crippen LogP contribution in [0.1, 0.15) is 31.7 Å². The van der Waals surface area contributed by atoms with Crippen LogP contribution in [0, 0.1) is 0 Å². The summed E-state index contributed by atoms with van der Waals surface area (Å²) < 4.78 is 0. The van der Waals surface area contributed by atoms with Gasteiger partial charge in [0.25, 0.3) is 0 Å². The van der Waals surface area contributed by atoms with Gasteiger partial charge in [-0.25, -0.2) is 0 Å². The first-order valence-corrected chi connectivity index (χ1v) is 8.52. The van der Waals surface area contributed by atoms with Gasteiger partial charge in [-0.3, -0.25) is 9.79 Å². The van der Waals surface area contributed by atoms with Crippen LogP contribution in [0.3, 0.4) is 0 Å². The van der Waals surface area contributed by atoms with E-state index in [1.54, 1.807) is 0 Å². The van der Waals surface area contributed by atoms with Crippen molar-refractivity contribution in [2.24, 2.45) is 4.99 Å². The second kappa shape index (κ2) is 11.3. The monoisotopic (exact) mass is 444 g/mol. The van der Waals surface area contributed by atoms with Crippen LogP contribution in [-0.4, -0.2) is 54.9 Å². The van der Waals surface area contributed by atoms with Gasteiger partial charge in [-0.05, 0) is 25.3 Å². The standard InChI is InChI=1S/C18H28N4O.HI/c1-3-19-18(21(2)15-16-9-5-4-6-10-16)20-12-8-14-22-13-7-11-17(22)23;/h4-6,9-10H,3,7-8,11-15H2,1-2H3,(H,19,20);1H. The molecule has 5 nitrogen and oxygen atoms in total. The average Bonchev–Trinajstić information content (AvgIpc) is 2.96. The van der Waals surface area contributed by atoms with E-state index in [-0.39, 0.29) is 24.0 Å². The Bertz CT molecular complexity index is 521. The molecule has 0 bridgehead atoms. The third-order valence-corrected chi connectivity index (χ3v) is 3.98. The van der Waals surface area contributed by atoms with Gasteiger partial charge in [0.1, 0.15) is 0 Å². The van der Waals surface area contributed by atoms with Crippen LogP contribution in [0.4, 0.5) is 0 Å². The van der Waals surface area contributed by atoms with Crippen LogP contribution in [-0.2, 0) is 11.3 Å². The number of aliphatic imine (C=N–C) groups is 1. The molecular weight excluding hydrogens is 415 g/mol. The van der Waals surface area contributed by atoms with Gasteiger partial charge in [0.2, 0.25) is 5.91 Å². The zero-order valence-corrected chi connectivity index (χ0v) is 17.0. The Labute approximate surface area is 162 Å². The largest absolute Gasteiger partial charge is 0.357 e. The first-order valence-electron chi connectivity index (χ1n) is 8.52. The number of halogens is 1. The van der Waals surface area contributed by atoms with Gasteiger partial charge in [0.05, 0.1) is 0 Å². The number of guanidine groups is 1. The highest BCUT2D eigenvalue weighted by atomic mass is 127. The normalized spacial score (nSPS) is 14.5. The van der Waals surface area contributed by atoms with Crippen molar-refractivity contribution in [2.75, 3.05) is 33.2 Å². The molecule has 0 unspecified atom stereocenters. The Morgan fingerprint density at radius 1 is 1.33 bits per heavy atom. The summed E-state index contributed by atoms with van der Waals surface area (Å²) in [5.74, 6) is 1.21. The number of nitrogens with zero attached hydrogens (tertiary/aromatic N) is 3. The lowest BCUT2D eigenvalue weighted by atomic mass is 10.2. The van der Waals surface area contributed by atoms with Crippen molar-refractivity contribution in [2.45, 2.75) is 32.7 Å². The molecular formula is C18H29IN4O. The summed E-state index contributed by atoms with van der Waals surface area (Å²) in [6.45, 7) is 6.24. The van der Waals surface area contributed by atoms with Crippen molar-refractivity contribution >= 4 is 35.8 Å². The predicted octanol–water partition coefficient (Wildman–Crippen LogP) is 2.71. The van der Waals surface area contributed by atoms with Crippen molar-refractivity contribution in [1.29, 1.82) is 0 Å². The molecule has 0 spiro atoms. The highest BCUT2D eigenvalue weighted by Crippen LogP contribution is 2.09. The maximum absolute atomic E-state index is 11.6. The van der Waals surface area contributed by atoms with Crippen LogP contribution in [0.5, 0.6) is 0 Å². The lowest BCUT2D eigenvalue weighted by Gasteiger charge is -2.22. The number of rotatable bonds is 7. The van der Waals surface area contributed by atoms with Crippen LogP contribution in [0.2, 0.25) is 0 Å². The average molecular weight is 444 g/mol. The van der Waals surface area contributed by atoms with Crippen LogP contribution >= 0.6 is 24.0 Å². The number of carbonyl (C=O) groups is 1. The molecule has 2 rings (SSSR count). The molecule has 1 aromatic rings.